The second kappa shape index (κ2) is 8.07. The van der Waals surface area contributed by atoms with Gasteiger partial charge >= 0.3 is 7.40 Å². The molecule has 2 aromatic heterocycles. The zero-order valence-corrected chi connectivity index (χ0v) is 16.5. The number of hydrogen-bond donors (Lipinski definition) is 0. The van der Waals surface area contributed by atoms with Crippen LogP contribution in [0.3, 0.4) is 0 Å². The number of aliphatic imine (C=N–C) groups is 1. The summed E-state index contributed by atoms with van der Waals surface area (Å²) in [5.74, 6) is 0.484. The molecule has 0 bridgehead atoms. The molecule has 0 atom stereocenters. The molecule has 0 amide bonds. The van der Waals surface area contributed by atoms with Crippen molar-refractivity contribution in [2.75, 3.05) is 0 Å². The molecule has 150 valence electrons. The first kappa shape index (κ1) is 19.1. The maximum atomic E-state index is 14.3. The summed E-state index contributed by atoms with van der Waals surface area (Å²) < 4.78 is 35.3. The van der Waals surface area contributed by atoms with E-state index in [4.69, 9.17) is 9.41 Å². The third-order valence-corrected chi connectivity index (χ3v) is 5.17. The van der Waals surface area contributed by atoms with Gasteiger partial charge in [-0.15, -0.1) is 0 Å². The maximum absolute atomic E-state index is 14.3. The van der Waals surface area contributed by atoms with E-state index in [0.29, 0.717) is 34.0 Å². The summed E-state index contributed by atoms with van der Waals surface area (Å²) in [6.07, 6.45) is 5.26. The van der Waals surface area contributed by atoms with Gasteiger partial charge in [0.2, 0.25) is 0 Å². The number of hydrogen-bond acceptors (Lipinski definition) is 2. The van der Waals surface area contributed by atoms with Gasteiger partial charge in [-0.1, -0.05) is 60.7 Å². The molecule has 4 aromatic rings. The highest BCUT2D eigenvalue weighted by Crippen LogP contribution is 2.35. The zero-order chi connectivity index (χ0) is 21.2. The average Bonchev–Trinajstić information content (AvgIpc) is 3.57. The quantitative estimate of drug-likeness (QED) is 0.353. The van der Waals surface area contributed by atoms with Crippen LogP contribution in [0.4, 0.5) is 8.63 Å². The summed E-state index contributed by atoms with van der Waals surface area (Å²) >= 11 is 0. The Morgan fingerprint density at radius 3 is 2.13 bits per heavy atom. The van der Waals surface area contributed by atoms with Crippen molar-refractivity contribution in [2.24, 2.45) is 4.99 Å². The number of nitrogens with zero attached hydrogens (tertiary/aromatic N) is 2. The molecule has 6 heteroatoms. The Morgan fingerprint density at radius 2 is 1.48 bits per heavy atom. The SMILES string of the molecule is FB(F)n1c(/C(=C2\C=CC(c3ccccc3)=N2)c2ccco2)ccc1-c1ccccc1. The van der Waals surface area contributed by atoms with Crippen LogP contribution in [0.2, 0.25) is 0 Å². The smallest absolute Gasteiger partial charge is 0.464 e. The molecule has 31 heavy (non-hydrogen) atoms. The van der Waals surface area contributed by atoms with E-state index in [0.717, 1.165) is 15.8 Å². The van der Waals surface area contributed by atoms with Gasteiger partial charge in [-0.25, -0.2) is 4.99 Å². The Labute approximate surface area is 178 Å². The Morgan fingerprint density at radius 1 is 0.774 bits per heavy atom. The van der Waals surface area contributed by atoms with Gasteiger partial charge in [-0.2, -0.15) is 0 Å². The summed E-state index contributed by atoms with van der Waals surface area (Å²) in [6.45, 7) is 0. The van der Waals surface area contributed by atoms with Crippen molar-refractivity contribution in [3.63, 3.8) is 0 Å². The molecule has 3 heterocycles. The molecule has 0 saturated carbocycles. The Kier molecular flexibility index (Phi) is 4.96. The zero-order valence-electron chi connectivity index (χ0n) is 16.5. The number of aromatic nitrogens is 1. The fourth-order valence-corrected chi connectivity index (χ4v) is 3.78. The van der Waals surface area contributed by atoms with Crippen LogP contribution in [0.5, 0.6) is 0 Å². The summed E-state index contributed by atoms with van der Waals surface area (Å²) in [4.78, 5) is 4.74. The lowest BCUT2D eigenvalue weighted by molar-refractivity contribution is 0.552. The Hall–Kier alpha value is -3.93. The van der Waals surface area contributed by atoms with E-state index in [-0.39, 0.29) is 0 Å². The highest BCUT2D eigenvalue weighted by atomic mass is 19.2. The molecular weight excluding hydrogens is 393 g/mol. The molecule has 5 rings (SSSR count). The first-order chi connectivity index (χ1) is 15.2. The van der Waals surface area contributed by atoms with Crippen molar-refractivity contribution in [3.05, 3.63) is 126 Å². The standard InChI is InChI=1S/C25H17BF2N2O/c27-26(28)30-22(19-10-5-2-6-11-19)15-16-23(30)25(24-12-7-17-31-24)21-14-13-20(29-21)18-8-3-1-4-9-18/h1-17H/b25-21-. The lowest BCUT2D eigenvalue weighted by Crippen LogP contribution is -2.17. The normalized spacial score (nSPS) is 14.6. The Balaban J connectivity index is 1.71. The minimum atomic E-state index is -2.73. The van der Waals surface area contributed by atoms with Crippen LogP contribution in [0.1, 0.15) is 17.0 Å². The fourth-order valence-electron chi connectivity index (χ4n) is 3.78. The van der Waals surface area contributed by atoms with Gasteiger partial charge in [0.05, 0.1) is 23.2 Å². The number of benzene rings is 2. The monoisotopic (exact) mass is 410 g/mol. The van der Waals surface area contributed by atoms with Crippen LogP contribution >= 0.6 is 0 Å². The summed E-state index contributed by atoms with van der Waals surface area (Å²) in [7, 11) is -2.73. The minimum absolute atomic E-state index is 0.349. The number of allylic oxidation sites excluding steroid dienone is 2. The minimum Gasteiger partial charge on any atom is -0.464 e. The average molecular weight is 410 g/mol. The highest BCUT2D eigenvalue weighted by molar-refractivity contribution is 6.42. The second-order valence-electron chi connectivity index (χ2n) is 7.05. The lowest BCUT2D eigenvalue weighted by atomic mass is 10.0. The molecule has 0 saturated heterocycles. The van der Waals surface area contributed by atoms with Gasteiger partial charge in [0.15, 0.2) is 0 Å². The summed E-state index contributed by atoms with van der Waals surface area (Å²) in [5, 5.41) is 0. The van der Waals surface area contributed by atoms with Gasteiger partial charge < -0.3 is 8.90 Å². The van der Waals surface area contributed by atoms with E-state index in [1.54, 1.807) is 24.3 Å². The molecule has 1 aliphatic rings. The molecule has 1 aliphatic heterocycles. The van der Waals surface area contributed by atoms with Crippen LogP contribution < -0.4 is 0 Å². The predicted molar refractivity (Wildman–Crippen MR) is 120 cm³/mol. The summed E-state index contributed by atoms with van der Waals surface area (Å²) in [5.41, 5.74) is 4.34. The van der Waals surface area contributed by atoms with E-state index in [9.17, 15) is 8.63 Å². The van der Waals surface area contributed by atoms with Gasteiger partial charge in [-0.3, -0.25) is 8.63 Å². The van der Waals surface area contributed by atoms with Crippen LogP contribution in [-0.2, 0) is 0 Å². The predicted octanol–water partition coefficient (Wildman–Crippen LogP) is 6.34. The molecule has 2 aromatic carbocycles. The van der Waals surface area contributed by atoms with Crippen LogP contribution in [-0.4, -0.2) is 17.6 Å². The third kappa shape index (κ3) is 3.57. The van der Waals surface area contributed by atoms with Crippen molar-refractivity contribution >= 4 is 18.7 Å². The molecule has 3 nitrogen and oxygen atoms in total. The fraction of sp³-hybridized carbons (Fsp3) is 0. The first-order valence-corrected chi connectivity index (χ1v) is 9.88. The highest BCUT2D eigenvalue weighted by Gasteiger charge is 2.29. The second-order valence-corrected chi connectivity index (χ2v) is 7.05. The molecule has 0 unspecified atom stereocenters. The Bertz CT molecular complexity index is 1290. The molecule has 0 radical (unpaired) electrons. The molecule has 0 fully saturated rings. The lowest BCUT2D eigenvalue weighted by Gasteiger charge is -2.13. The number of rotatable bonds is 5. The molecule has 0 aliphatic carbocycles. The van der Waals surface area contributed by atoms with Crippen LogP contribution in [0, 0.1) is 0 Å². The first-order valence-electron chi connectivity index (χ1n) is 9.88. The molecule has 0 N–H and O–H groups in total. The van der Waals surface area contributed by atoms with Crippen molar-refractivity contribution in [3.8, 4) is 11.3 Å². The largest absolute Gasteiger partial charge is 0.678 e. The van der Waals surface area contributed by atoms with E-state index < -0.39 is 7.40 Å². The number of halogens is 2. The molecular formula is C25H17BF2N2O. The van der Waals surface area contributed by atoms with Gasteiger partial charge in [0, 0.05) is 17.0 Å². The van der Waals surface area contributed by atoms with Gasteiger partial charge in [-0.05, 0) is 42.0 Å². The van der Waals surface area contributed by atoms with Crippen LogP contribution in [0.25, 0.3) is 16.8 Å². The van der Waals surface area contributed by atoms with E-state index >= 15 is 0 Å². The van der Waals surface area contributed by atoms with E-state index in [2.05, 4.69) is 0 Å². The molecule has 0 spiro atoms. The maximum Gasteiger partial charge on any atom is 0.678 e. The van der Waals surface area contributed by atoms with Crippen molar-refractivity contribution in [1.29, 1.82) is 0 Å². The third-order valence-electron chi connectivity index (χ3n) is 5.17. The number of furan rings is 1. The van der Waals surface area contributed by atoms with E-state index in [1.807, 2.05) is 72.8 Å². The van der Waals surface area contributed by atoms with Crippen molar-refractivity contribution in [1.82, 2.24) is 4.48 Å². The topological polar surface area (TPSA) is 30.4 Å². The van der Waals surface area contributed by atoms with Crippen LogP contribution in [0.15, 0.2) is 118 Å². The van der Waals surface area contributed by atoms with Crippen molar-refractivity contribution in [2.45, 2.75) is 0 Å². The summed E-state index contributed by atoms with van der Waals surface area (Å²) in [6, 6.07) is 25.8. The van der Waals surface area contributed by atoms with Gasteiger partial charge in [0.1, 0.15) is 5.76 Å². The van der Waals surface area contributed by atoms with Gasteiger partial charge in [0.25, 0.3) is 0 Å². The van der Waals surface area contributed by atoms with E-state index in [1.165, 1.54) is 6.26 Å². The van der Waals surface area contributed by atoms with Crippen molar-refractivity contribution < 1.29 is 13.0 Å².